The Hall–Kier alpha value is -2.31. The number of aliphatic imine (C=N–C) groups is 1. The van der Waals surface area contributed by atoms with Gasteiger partial charge >= 0.3 is 0 Å². The van der Waals surface area contributed by atoms with Gasteiger partial charge in [-0.1, -0.05) is 70.7 Å². The van der Waals surface area contributed by atoms with E-state index in [4.69, 9.17) is 4.99 Å². The van der Waals surface area contributed by atoms with E-state index in [1.54, 1.807) is 0 Å². The lowest BCUT2D eigenvalue weighted by atomic mass is 9.71. The van der Waals surface area contributed by atoms with E-state index < -0.39 is 6.17 Å². The van der Waals surface area contributed by atoms with Gasteiger partial charge in [0.25, 0.3) is 0 Å². The molecule has 0 spiro atoms. The number of nitrogens with one attached hydrogen (secondary N) is 1. The molecular weight excluding hydrogens is 509 g/mol. The van der Waals surface area contributed by atoms with Crippen molar-refractivity contribution in [2.45, 2.75) is 110 Å². The molecule has 1 unspecified atom stereocenters. The van der Waals surface area contributed by atoms with E-state index in [9.17, 15) is 4.39 Å². The summed E-state index contributed by atoms with van der Waals surface area (Å²) in [7, 11) is 2.23. The van der Waals surface area contributed by atoms with Crippen LogP contribution in [0.4, 0.5) is 4.39 Å². The van der Waals surface area contributed by atoms with E-state index in [0.717, 1.165) is 45.6 Å². The van der Waals surface area contributed by atoms with Crippen molar-refractivity contribution in [2.75, 3.05) is 26.8 Å². The fourth-order valence-electron chi connectivity index (χ4n) is 7.20. The van der Waals surface area contributed by atoms with Crippen LogP contribution in [-0.4, -0.2) is 55.2 Å². The number of hydrogen-bond donors (Lipinski definition) is 1. The summed E-state index contributed by atoms with van der Waals surface area (Å²) < 4.78 is 15.5. The van der Waals surface area contributed by atoms with Crippen molar-refractivity contribution >= 4 is 30.3 Å². The minimum Gasteiger partial charge on any atom is -0.323 e. The third kappa shape index (κ3) is 7.56. The highest BCUT2D eigenvalue weighted by atomic mass is 19.1. The molecule has 0 radical (unpaired) electrons. The smallest absolute Gasteiger partial charge is 0.139 e. The van der Waals surface area contributed by atoms with E-state index in [1.807, 2.05) is 6.20 Å². The van der Waals surface area contributed by atoms with Gasteiger partial charge in [-0.05, 0) is 82.0 Å². The quantitative estimate of drug-likeness (QED) is 0.380. The summed E-state index contributed by atoms with van der Waals surface area (Å²) in [6, 6.07) is 7.08. The van der Waals surface area contributed by atoms with Gasteiger partial charge in [0.15, 0.2) is 0 Å². The van der Waals surface area contributed by atoms with E-state index in [1.165, 1.54) is 57.2 Å². The second-order valence-corrected chi connectivity index (χ2v) is 13.2. The van der Waals surface area contributed by atoms with Crippen LogP contribution in [0.15, 0.2) is 28.2 Å². The first-order chi connectivity index (χ1) is 19.7. The van der Waals surface area contributed by atoms with Gasteiger partial charge in [0.05, 0.1) is 6.67 Å². The highest BCUT2D eigenvalue weighted by molar-refractivity contribution is 5.84. The van der Waals surface area contributed by atoms with Gasteiger partial charge in [-0.25, -0.2) is 4.39 Å². The molecule has 1 aromatic heterocycles. The number of alkyl halides is 1. The van der Waals surface area contributed by atoms with Crippen molar-refractivity contribution in [3.63, 3.8) is 0 Å². The average molecular weight is 564 g/mol. The van der Waals surface area contributed by atoms with Crippen LogP contribution in [0.1, 0.15) is 96.6 Å². The van der Waals surface area contributed by atoms with Crippen LogP contribution in [-0.2, 0) is 0 Å². The monoisotopic (exact) mass is 563 g/mol. The molecule has 1 atom stereocenters. The number of benzene rings is 1. The summed E-state index contributed by atoms with van der Waals surface area (Å²) in [4.78, 5) is 11.5. The lowest BCUT2D eigenvalue weighted by Crippen LogP contribution is -2.54. The second-order valence-electron chi connectivity index (χ2n) is 13.2. The molecule has 2 aromatic rings. The van der Waals surface area contributed by atoms with Gasteiger partial charge in [-0.15, -0.1) is 0 Å². The summed E-state index contributed by atoms with van der Waals surface area (Å²) in [6.45, 7) is 20.4. The Morgan fingerprint density at radius 2 is 1.85 bits per heavy atom. The number of halogens is 1. The first-order valence-electron chi connectivity index (χ1n) is 16.1. The summed E-state index contributed by atoms with van der Waals surface area (Å²) in [5, 5.41) is 7.64. The Bertz CT molecular complexity index is 1340. The standard InChI is InChI=1S/C24H31FN4.C11H23N/c1-16-9-10-21-22(11-16)17(2)29(20-7-5-4-6-8-20)24(23(21)14-26-3)28-15-27-19-12-18(25)13-19;1-5-10(3)7-11(6-2)8-12(4)9-11/h9-11,14,18-20,27H,2-8,12-13,15H2,1H3;10H,5-9H2,1-4H3/b23-14-,28-24+;. The molecule has 2 saturated carbocycles. The van der Waals surface area contributed by atoms with Crippen molar-refractivity contribution in [3.05, 3.63) is 39.8 Å². The van der Waals surface area contributed by atoms with Crippen molar-refractivity contribution in [1.82, 2.24) is 14.8 Å². The van der Waals surface area contributed by atoms with Crippen LogP contribution in [0.25, 0.3) is 23.6 Å². The summed E-state index contributed by atoms with van der Waals surface area (Å²) in [5.41, 5.74) is 2.81. The minimum absolute atomic E-state index is 0.226. The first kappa shape index (κ1) is 31.6. The molecule has 2 aliphatic carbocycles. The van der Waals surface area contributed by atoms with Crippen LogP contribution >= 0.6 is 0 Å². The predicted octanol–water partition coefficient (Wildman–Crippen LogP) is 6.02. The van der Waals surface area contributed by atoms with E-state index in [-0.39, 0.29) is 6.04 Å². The molecule has 2 heterocycles. The first-order valence-corrected chi connectivity index (χ1v) is 16.1. The molecule has 6 heteroatoms. The number of pyridine rings is 1. The molecule has 1 aromatic carbocycles. The van der Waals surface area contributed by atoms with E-state index >= 15 is 0 Å². The average Bonchev–Trinajstić information content (AvgIpc) is 2.93. The van der Waals surface area contributed by atoms with Crippen LogP contribution in [0.3, 0.4) is 0 Å². The summed E-state index contributed by atoms with van der Waals surface area (Å²) in [5.74, 6) is 0.915. The Kier molecular flexibility index (Phi) is 11.0. The normalized spacial score (nSPS) is 24.3. The topological polar surface area (TPSA) is 44.9 Å². The fraction of sp³-hybridized carbons (Fsp3) is 0.657. The Morgan fingerprint density at radius 3 is 2.44 bits per heavy atom. The molecule has 5 nitrogen and oxygen atoms in total. The molecule has 1 aliphatic heterocycles. The van der Waals surface area contributed by atoms with Crippen LogP contribution < -0.4 is 21.4 Å². The second kappa shape index (κ2) is 14.2. The number of aryl methyl sites for hydroxylation is 1. The van der Waals surface area contributed by atoms with E-state index in [2.05, 4.69) is 86.0 Å². The summed E-state index contributed by atoms with van der Waals surface area (Å²) in [6.07, 6.45) is 12.5. The maximum Gasteiger partial charge on any atom is 0.139 e. The van der Waals surface area contributed by atoms with E-state index in [0.29, 0.717) is 31.0 Å². The molecule has 41 heavy (non-hydrogen) atoms. The Morgan fingerprint density at radius 1 is 1.15 bits per heavy atom. The van der Waals surface area contributed by atoms with Crippen molar-refractivity contribution in [3.8, 4) is 0 Å². The molecule has 1 saturated heterocycles. The third-order valence-corrected chi connectivity index (χ3v) is 9.82. The maximum atomic E-state index is 13.1. The number of fused-ring (bicyclic) bond motifs is 1. The maximum absolute atomic E-state index is 13.1. The van der Waals surface area contributed by atoms with Crippen LogP contribution in [0, 0.1) is 18.3 Å². The minimum atomic E-state index is -0.663. The van der Waals surface area contributed by atoms with Gasteiger partial charge in [-0.2, -0.15) is 0 Å². The number of hydrogen-bond acceptors (Lipinski definition) is 4. The van der Waals surface area contributed by atoms with Crippen LogP contribution in [0.5, 0.6) is 0 Å². The third-order valence-electron chi connectivity index (χ3n) is 9.82. The number of rotatable bonds is 9. The largest absolute Gasteiger partial charge is 0.323 e. The predicted molar refractivity (Wildman–Crippen MR) is 173 cm³/mol. The highest BCUT2D eigenvalue weighted by Gasteiger charge is 2.39. The number of nitrogens with zero attached hydrogens (tertiary/aromatic N) is 4. The Labute approximate surface area is 247 Å². The van der Waals surface area contributed by atoms with Gasteiger partial charge in [0, 0.05) is 47.3 Å². The lowest BCUT2D eigenvalue weighted by molar-refractivity contribution is -0.00131. The summed E-state index contributed by atoms with van der Waals surface area (Å²) >= 11 is 0. The molecule has 0 bridgehead atoms. The van der Waals surface area contributed by atoms with Crippen LogP contribution in [0.2, 0.25) is 0 Å². The van der Waals surface area contributed by atoms with Crippen molar-refractivity contribution in [2.24, 2.45) is 21.3 Å². The molecule has 1 N–H and O–H groups in total. The number of likely N-dealkylation sites (tertiary alicyclic amines) is 1. The molecule has 3 fully saturated rings. The van der Waals surface area contributed by atoms with Gasteiger partial charge in [0.1, 0.15) is 11.7 Å². The van der Waals surface area contributed by atoms with Gasteiger partial charge in [-0.3, -0.25) is 15.3 Å². The lowest BCUT2D eigenvalue weighted by Gasteiger charge is -2.49. The molecule has 0 amide bonds. The molecule has 3 aliphatic rings. The Balaban J connectivity index is 0.000000271. The highest BCUT2D eigenvalue weighted by Crippen LogP contribution is 2.39. The zero-order valence-electron chi connectivity index (χ0n) is 26.4. The van der Waals surface area contributed by atoms with Gasteiger partial charge < -0.3 is 9.47 Å². The molecule has 226 valence electrons. The number of aromatic nitrogens is 1. The zero-order chi connectivity index (χ0) is 29.6. The fourth-order valence-corrected chi connectivity index (χ4v) is 7.20. The zero-order valence-corrected chi connectivity index (χ0v) is 26.4. The van der Waals surface area contributed by atoms with Crippen molar-refractivity contribution in [1.29, 1.82) is 0 Å². The van der Waals surface area contributed by atoms with Gasteiger partial charge in [0.2, 0.25) is 0 Å². The van der Waals surface area contributed by atoms with Crippen molar-refractivity contribution < 1.29 is 4.39 Å². The molecular formula is C35H54FN5. The molecule has 5 rings (SSSR count). The SMILES string of the molecule is C=N/C=c1\c(=N/CNC2CC(F)C2)n(C2CCCCC2)c(=C)c2cc(C)ccc12.CCC(C)CC1(CC)CN(C)C1.